The third-order valence-corrected chi connectivity index (χ3v) is 5.62. The van der Waals surface area contributed by atoms with Crippen LogP contribution in [0.25, 0.3) is 16.3 Å². The lowest BCUT2D eigenvalue weighted by Crippen LogP contribution is -2.27. The Hall–Kier alpha value is -2.86. The van der Waals surface area contributed by atoms with Crippen LogP contribution in [-0.2, 0) is 4.79 Å². The fourth-order valence-electron chi connectivity index (χ4n) is 2.73. The molecular weight excluding hydrogens is 348 g/mol. The van der Waals surface area contributed by atoms with Crippen LogP contribution in [0.2, 0.25) is 0 Å². The summed E-state index contributed by atoms with van der Waals surface area (Å²) in [4.78, 5) is 18.9. The molecule has 1 amide bonds. The van der Waals surface area contributed by atoms with E-state index in [0.29, 0.717) is 5.75 Å². The fourth-order valence-corrected chi connectivity index (χ4v) is 3.79. The first-order valence-electron chi connectivity index (χ1n) is 8.32. The van der Waals surface area contributed by atoms with Gasteiger partial charge in [-0.3, -0.25) is 4.79 Å². The molecule has 1 aliphatic heterocycles. The predicted molar refractivity (Wildman–Crippen MR) is 102 cm³/mol. The van der Waals surface area contributed by atoms with Crippen molar-refractivity contribution in [3.63, 3.8) is 0 Å². The Morgan fingerprint density at radius 3 is 2.88 bits per heavy atom. The SMILES string of the molecule is CC(c1nc2ccccc2s1)N(C)C(=O)/C=C/c1ccc2c(c1)OCO2. The van der Waals surface area contributed by atoms with Crippen molar-refractivity contribution >= 4 is 33.5 Å². The molecule has 6 heteroatoms. The Kier molecular flexibility index (Phi) is 4.34. The molecule has 1 unspecified atom stereocenters. The minimum Gasteiger partial charge on any atom is -0.454 e. The molecule has 132 valence electrons. The second-order valence-corrected chi connectivity index (χ2v) is 7.15. The number of thiazole rings is 1. The average Bonchev–Trinajstić information content (AvgIpc) is 3.30. The van der Waals surface area contributed by atoms with Gasteiger partial charge in [-0.1, -0.05) is 18.2 Å². The number of fused-ring (bicyclic) bond motifs is 2. The van der Waals surface area contributed by atoms with E-state index in [9.17, 15) is 4.79 Å². The van der Waals surface area contributed by atoms with E-state index in [4.69, 9.17) is 9.47 Å². The molecule has 0 spiro atoms. The number of amides is 1. The highest BCUT2D eigenvalue weighted by molar-refractivity contribution is 7.18. The summed E-state index contributed by atoms with van der Waals surface area (Å²) >= 11 is 1.62. The number of aromatic nitrogens is 1. The Morgan fingerprint density at radius 2 is 2.04 bits per heavy atom. The predicted octanol–water partition coefficient (Wildman–Crippen LogP) is 4.26. The number of likely N-dealkylation sites (N-methyl/N-ethyl adjacent to an activating group) is 1. The molecule has 0 fully saturated rings. The first-order valence-corrected chi connectivity index (χ1v) is 9.13. The summed E-state index contributed by atoms with van der Waals surface area (Å²) in [6.45, 7) is 2.23. The minimum absolute atomic E-state index is 0.0746. The zero-order chi connectivity index (χ0) is 18.1. The quantitative estimate of drug-likeness (QED) is 0.648. The molecule has 0 N–H and O–H groups in total. The standard InChI is InChI=1S/C20H18N2O3S/c1-13(20-21-15-5-3-4-6-18(15)26-20)22(2)19(23)10-8-14-7-9-16-17(11-14)25-12-24-16/h3-11,13H,12H2,1-2H3/b10-8+. The van der Waals surface area contributed by atoms with E-state index in [1.165, 1.54) is 0 Å². The molecule has 0 aliphatic carbocycles. The van der Waals surface area contributed by atoms with Gasteiger partial charge in [0.05, 0.1) is 16.3 Å². The molecule has 2 heterocycles. The first-order chi connectivity index (χ1) is 12.6. The minimum atomic E-state index is -0.0960. The van der Waals surface area contributed by atoms with Crippen molar-refractivity contribution in [1.29, 1.82) is 0 Å². The fraction of sp³-hybridized carbons (Fsp3) is 0.200. The van der Waals surface area contributed by atoms with Gasteiger partial charge >= 0.3 is 0 Å². The van der Waals surface area contributed by atoms with Crippen LogP contribution in [0, 0.1) is 0 Å². The Labute approximate surface area is 155 Å². The molecule has 3 aromatic rings. The number of nitrogens with zero attached hydrogens (tertiary/aromatic N) is 2. The Balaban J connectivity index is 1.48. The summed E-state index contributed by atoms with van der Waals surface area (Å²) < 4.78 is 11.8. The van der Waals surface area contributed by atoms with Crippen LogP contribution >= 0.6 is 11.3 Å². The third-order valence-electron chi connectivity index (χ3n) is 4.41. The number of carbonyl (C=O) groups is 1. The molecule has 4 rings (SSSR count). The van der Waals surface area contributed by atoms with Gasteiger partial charge in [-0.2, -0.15) is 0 Å². The van der Waals surface area contributed by atoms with E-state index in [0.717, 1.165) is 26.5 Å². The van der Waals surface area contributed by atoms with Gasteiger partial charge < -0.3 is 14.4 Å². The van der Waals surface area contributed by atoms with Crippen LogP contribution in [0.3, 0.4) is 0 Å². The number of hydrogen-bond donors (Lipinski definition) is 0. The molecule has 1 atom stereocenters. The maximum absolute atomic E-state index is 12.5. The molecular formula is C20H18N2O3S. The van der Waals surface area contributed by atoms with Gasteiger partial charge in [0.1, 0.15) is 5.01 Å². The average molecular weight is 366 g/mol. The maximum atomic E-state index is 12.5. The van der Waals surface area contributed by atoms with Crippen molar-refractivity contribution in [3.05, 3.63) is 59.1 Å². The molecule has 0 bridgehead atoms. The summed E-state index contributed by atoms with van der Waals surface area (Å²) in [5.41, 5.74) is 1.86. The number of para-hydroxylation sites is 1. The highest BCUT2D eigenvalue weighted by Gasteiger charge is 2.19. The molecule has 0 radical (unpaired) electrons. The van der Waals surface area contributed by atoms with E-state index in [1.807, 2.05) is 49.4 Å². The summed E-state index contributed by atoms with van der Waals surface area (Å²) in [6.07, 6.45) is 3.35. The van der Waals surface area contributed by atoms with Crippen molar-refractivity contribution in [2.75, 3.05) is 13.8 Å². The van der Waals surface area contributed by atoms with Crippen LogP contribution < -0.4 is 9.47 Å². The number of ether oxygens (including phenoxy) is 2. The van der Waals surface area contributed by atoms with Crippen LogP contribution in [0.15, 0.2) is 48.5 Å². The monoisotopic (exact) mass is 366 g/mol. The van der Waals surface area contributed by atoms with Gasteiger partial charge in [-0.15, -0.1) is 11.3 Å². The second kappa shape index (κ2) is 6.80. The molecule has 2 aromatic carbocycles. The van der Waals surface area contributed by atoms with E-state index in [1.54, 1.807) is 35.4 Å². The normalized spacial score (nSPS) is 14.1. The molecule has 0 saturated carbocycles. The highest BCUT2D eigenvalue weighted by Crippen LogP contribution is 2.33. The molecule has 0 saturated heterocycles. The molecule has 1 aliphatic rings. The van der Waals surface area contributed by atoms with Gasteiger partial charge in [0.2, 0.25) is 12.7 Å². The van der Waals surface area contributed by atoms with Gasteiger partial charge in [0.25, 0.3) is 0 Å². The van der Waals surface area contributed by atoms with Crippen molar-refractivity contribution in [2.45, 2.75) is 13.0 Å². The zero-order valence-electron chi connectivity index (χ0n) is 14.5. The second-order valence-electron chi connectivity index (χ2n) is 6.09. The van der Waals surface area contributed by atoms with Gasteiger partial charge in [0.15, 0.2) is 11.5 Å². The number of carbonyl (C=O) groups excluding carboxylic acids is 1. The smallest absolute Gasteiger partial charge is 0.246 e. The van der Waals surface area contributed by atoms with Gasteiger partial charge in [0, 0.05) is 13.1 Å². The van der Waals surface area contributed by atoms with Crippen LogP contribution in [0.1, 0.15) is 23.5 Å². The van der Waals surface area contributed by atoms with Crippen molar-refractivity contribution < 1.29 is 14.3 Å². The molecule has 26 heavy (non-hydrogen) atoms. The Morgan fingerprint density at radius 1 is 1.23 bits per heavy atom. The van der Waals surface area contributed by atoms with E-state index in [2.05, 4.69) is 4.98 Å². The number of rotatable bonds is 4. The van der Waals surface area contributed by atoms with Crippen LogP contribution in [-0.4, -0.2) is 29.6 Å². The lowest BCUT2D eigenvalue weighted by atomic mass is 10.2. The van der Waals surface area contributed by atoms with E-state index >= 15 is 0 Å². The van der Waals surface area contributed by atoms with Crippen molar-refractivity contribution in [3.8, 4) is 11.5 Å². The van der Waals surface area contributed by atoms with Crippen LogP contribution in [0.5, 0.6) is 11.5 Å². The highest BCUT2D eigenvalue weighted by atomic mass is 32.1. The van der Waals surface area contributed by atoms with Crippen LogP contribution in [0.4, 0.5) is 0 Å². The summed E-state index contributed by atoms with van der Waals surface area (Å²) in [5, 5.41) is 0.929. The lowest BCUT2D eigenvalue weighted by molar-refractivity contribution is -0.126. The topological polar surface area (TPSA) is 51.7 Å². The van der Waals surface area contributed by atoms with E-state index in [-0.39, 0.29) is 18.7 Å². The number of hydrogen-bond acceptors (Lipinski definition) is 5. The maximum Gasteiger partial charge on any atom is 0.246 e. The summed E-state index contributed by atoms with van der Waals surface area (Å²) in [5.74, 6) is 1.36. The summed E-state index contributed by atoms with van der Waals surface area (Å²) in [7, 11) is 1.79. The van der Waals surface area contributed by atoms with Gasteiger partial charge in [-0.25, -0.2) is 4.98 Å². The molecule has 5 nitrogen and oxygen atoms in total. The summed E-state index contributed by atoms with van der Waals surface area (Å²) in [6, 6.07) is 13.5. The first kappa shape index (κ1) is 16.6. The largest absolute Gasteiger partial charge is 0.454 e. The molecule has 1 aromatic heterocycles. The van der Waals surface area contributed by atoms with Gasteiger partial charge in [-0.05, 0) is 42.8 Å². The zero-order valence-corrected chi connectivity index (χ0v) is 15.3. The van der Waals surface area contributed by atoms with Crippen molar-refractivity contribution in [2.24, 2.45) is 0 Å². The van der Waals surface area contributed by atoms with E-state index < -0.39 is 0 Å². The lowest BCUT2D eigenvalue weighted by Gasteiger charge is -2.21. The Bertz CT molecular complexity index is 963. The van der Waals surface area contributed by atoms with Crippen molar-refractivity contribution in [1.82, 2.24) is 9.88 Å². The number of benzene rings is 2. The third kappa shape index (κ3) is 3.15.